The van der Waals surface area contributed by atoms with Gasteiger partial charge in [-0.15, -0.1) is 10.2 Å². The van der Waals surface area contributed by atoms with Crippen molar-refractivity contribution in [2.45, 2.75) is 0 Å². The molecule has 3 rings (SSSR count). The molecule has 128 valence electrons. The molecule has 25 heavy (non-hydrogen) atoms. The van der Waals surface area contributed by atoms with Crippen LogP contribution in [0.15, 0.2) is 30.6 Å². The molecule has 1 amide bonds. The highest BCUT2D eigenvalue weighted by Crippen LogP contribution is 2.36. The summed E-state index contributed by atoms with van der Waals surface area (Å²) in [5, 5.41) is 14.8. The second kappa shape index (κ2) is 6.73. The molecule has 0 aliphatic heterocycles. The lowest BCUT2D eigenvalue weighted by Gasteiger charge is -2.14. The molecule has 0 saturated heterocycles. The number of carbonyl (C=O) groups is 1. The molecule has 2 heterocycles. The summed E-state index contributed by atoms with van der Waals surface area (Å²) in [5.74, 6) is 0.272. The number of primary amides is 1. The Balaban J connectivity index is 2.07. The predicted octanol–water partition coefficient (Wildman–Crippen LogP) is 1.78. The van der Waals surface area contributed by atoms with Gasteiger partial charge >= 0.3 is 0 Å². The fourth-order valence-corrected chi connectivity index (χ4v) is 2.43. The Morgan fingerprint density at radius 1 is 1.32 bits per heavy atom. The van der Waals surface area contributed by atoms with E-state index in [2.05, 4.69) is 25.6 Å². The first-order chi connectivity index (χ1) is 12.0. The van der Waals surface area contributed by atoms with Crippen LogP contribution >= 0.6 is 11.6 Å². The lowest BCUT2D eigenvalue weighted by atomic mass is 10.1. The van der Waals surface area contributed by atoms with Crippen LogP contribution in [0.1, 0.15) is 10.5 Å². The zero-order valence-corrected chi connectivity index (χ0v) is 14.2. The molecule has 2 aromatic heterocycles. The van der Waals surface area contributed by atoms with E-state index in [1.807, 2.05) is 6.07 Å². The molecular formula is C15H14ClN7O2. The number of nitrogens with two attached hydrogens (primary N) is 1. The van der Waals surface area contributed by atoms with Crippen LogP contribution in [0.3, 0.4) is 0 Å². The van der Waals surface area contributed by atoms with Crippen LogP contribution in [-0.2, 0) is 7.05 Å². The molecule has 0 bridgehead atoms. The fraction of sp³-hybridized carbons (Fsp3) is 0.133. The third kappa shape index (κ3) is 3.36. The Kier molecular flexibility index (Phi) is 4.48. The molecule has 0 spiro atoms. The first-order valence-electron chi connectivity index (χ1n) is 7.12. The van der Waals surface area contributed by atoms with Crippen LogP contribution in [-0.4, -0.2) is 38.0 Å². The number of benzene rings is 1. The van der Waals surface area contributed by atoms with E-state index in [4.69, 9.17) is 22.1 Å². The van der Waals surface area contributed by atoms with Gasteiger partial charge in [0.25, 0.3) is 5.91 Å². The summed E-state index contributed by atoms with van der Waals surface area (Å²) in [7, 11) is 3.30. The van der Waals surface area contributed by atoms with Crippen molar-refractivity contribution in [1.82, 2.24) is 25.0 Å². The minimum atomic E-state index is -0.729. The quantitative estimate of drug-likeness (QED) is 0.712. The average Bonchev–Trinajstić information content (AvgIpc) is 3.00. The minimum absolute atomic E-state index is 0.0344. The molecule has 10 heteroatoms. The van der Waals surface area contributed by atoms with Crippen LogP contribution in [0.25, 0.3) is 11.4 Å². The van der Waals surface area contributed by atoms with Gasteiger partial charge in [0.2, 0.25) is 0 Å². The number of anilines is 2. The molecule has 0 fully saturated rings. The van der Waals surface area contributed by atoms with E-state index in [9.17, 15) is 4.79 Å². The van der Waals surface area contributed by atoms with Crippen LogP contribution in [0, 0.1) is 0 Å². The average molecular weight is 360 g/mol. The van der Waals surface area contributed by atoms with Crippen LogP contribution in [0.5, 0.6) is 5.75 Å². The molecule has 0 aliphatic carbocycles. The van der Waals surface area contributed by atoms with Gasteiger partial charge in [-0.25, -0.2) is 4.98 Å². The van der Waals surface area contributed by atoms with Gasteiger partial charge in [0.05, 0.1) is 24.0 Å². The Bertz CT molecular complexity index is 941. The Hall–Kier alpha value is -3.20. The second-order valence-electron chi connectivity index (χ2n) is 5.05. The number of hydrogen-bond donors (Lipinski definition) is 2. The van der Waals surface area contributed by atoms with Crippen molar-refractivity contribution in [3.8, 4) is 17.1 Å². The number of aromatic nitrogens is 5. The van der Waals surface area contributed by atoms with Crippen molar-refractivity contribution >= 4 is 28.9 Å². The van der Waals surface area contributed by atoms with Crippen molar-refractivity contribution in [1.29, 1.82) is 0 Å². The number of halogens is 1. The number of aryl methyl sites for hydroxylation is 1. The largest absolute Gasteiger partial charge is 0.494 e. The molecular weight excluding hydrogens is 346 g/mol. The Morgan fingerprint density at radius 3 is 2.76 bits per heavy atom. The molecule has 0 aliphatic rings. The predicted molar refractivity (Wildman–Crippen MR) is 91.8 cm³/mol. The highest BCUT2D eigenvalue weighted by Gasteiger charge is 2.17. The monoisotopic (exact) mass is 359 g/mol. The molecule has 0 unspecified atom stereocenters. The van der Waals surface area contributed by atoms with E-state index >= 15 is 0 Å². The number of amides is 1. The fourth-order valence-electron chi connectivity index (χ4n) is 2.28. The van der Waals surface area contributed by atoms with Gasteiger partial charge in [-0.2, -0.15) is 5.10 Å². The van der Waals surface area contributed by atoms with Crippen molar-refractivity contribution in [3.05, 3.63) is 41.4 Å². The summed E-state index contributed by atoms with van der Waals surface area (Å²) in [6.07, 6.45) is 1.59. The van der Waals surface area contributed by atoms with Gasteiger partial charge in [0.15, 0.2) is 22.4 Å². The van der Waals surface area contributed by atoms with Gasteiger partial charge in [0, 0.05) is 13.1 Å². The van der Waals surface area contributed by atoms with Gasteiger partial charge in [-0.3, -0.25) is 9.48 Å². The van der Waals surface area contributed by atoms with Crippen LogP contribution < -0.4 is 15.8 Å². The van der Waals surface area contributed by atoms with Crippen molar-refractivity contribution in [2.75, 3.05) is 12.4 Å². The molecule has 0 atom stereocenters. The standard InChI is InChI=1S/C15H14ClN7O2/c1-23-7-18-15(22-23)8-4-3-5-9(13(8)25-2)19-10-6-11(16)20-21-12(10)14(17)24/h3-7H,1-2H3,(H2,17,24)(H,19,20). The molecule has 3 N–H and O–H groups in total. The van der Waals surface area contributed by atoms with E-state index in [0.717, 1.165) is 0 Å². The summed E-state index contributed by atoms with van der Waals surface area (Å²) < 4.78 is 7.10. The van der Waals surface area contributed by atoms with Gasteiger partial charge in [0.1, 0.15) is 6.33 Å². The summed E-state index contributed by atoms with van der Waals surface area (Å²) >= 11 is 5.87. The first-order valence-corrected chi connectivity index (χ1v) is 7.50. The summed E-state index contributed by atoms with van der Waals surface area (Å²) in [5.41, 5.74) is 6.87. The Labute approximate surface area is 147 Å². The summed E-state index contributed by atoms with van der Waals surface area (Å²) in [4.78, 5) is 15.8. The molecule has 0 radical (unpaired) electrons. The Morgan fingerprint density at radius 2 is 2.12 bits per heavy atom. The van der Waals surface area contributed by atoms with E-state index in [-0.39, 0.29) is 10.8 Å². The maximum absolute atomic E-state index is 11.6. The zero-order valence-electron chi connectivity index (χ0n) is 13.4. The molecule has 9 nitrogen and oxygen atoms in total. The van der Waals surface area contributed by atoms with Crippen LogP contribution in [0.2, 0.25) is 5.15 Å². The first kappa shape index (κ1) is 16.7. The van der Waals surface area contributed by atoms with E-state index in [0.29, 0.717) is 28.5 Å². The number of nitrogens with zero attached hydrogens (tertiary/aromatic N) is 5. The SMILES string of the molecule is COc1c(Nc2cc(Cl)nnc2C(N)=O)cccc1-c1ncn(C)n1. The number of para-hydroxylation sites is 1. The summed E-state index contributed by atoms with van der Waals surface area (Å²) in [6, 6.07) is 6.85. The third-order valence-corrected chi connectivity index (χ3v) is 3.51. The highest BCUT2D eigenvalue weighted by atomic mass is 35.5. The number of methoxy groups -OCH3 is 1. The maximum atomic E-state index is 11.6. The maximum Gasteiger partial charge on any atom is 0.271 e. The molecule has 3 aromatic rings. The van der Waals surface area contributed by atoms with Gasteiger partial charge in [-0.1, -0.05) is 17.7 Å². The normalized spacial score (nSPS) is 10.5. The van der Waals surface area contributed by atoms with E-state index in [1.54, 1.807) is 30.2 Å². The second-order valence-corrected chi connectivity index (χ2v) is 5.43. The molecule has 0 saturated carbocycles. The highest BCUT2D eigenvalue weighted by molar-refractivity contribution is 6.29. The number of carbonyl (C=O) groups excluding carboxylic acids is 1. The lowest BCUT2D eigenvalue weighted by molar-refractivity contribution is 0.0995. The van der Waals surface area contributed by atoms with Crippen LogP contribution in [0.4, 0.5) is 11.4 Å². The zero-order chi connectivity index (χ0) is 18.0. The van der Waals surface area contributed by atoms with Crippen molar-refractivity contribution in [2.24, 2.45) is 12.8 Å². The van der Waals surface area contributed by atoms with E-state index in [1.165, 1.54) is 13.2 Å². The smallest absolute Gasteiger partial charge is 0.271 e. The lowest BCUT2D eigenvalue weighted by Crippen LogP contribution is -2.16. The number of nitrogens with one attached hydrogen (secondary N) is 1. The topological polar surface area (TPSA) is 121 Å². The summed E-state index contributed by atoms with van der Waals surface area (Å²) in [6.45, 7) is 0. The number of rotatable bonds is 5. The van der Waals surface area contributed by atoms with Gasteiger partial charge in [-0.05, 0) is 12.1 Å². The third-order valence-electron chi connectivity index (χ3n) is 3.33. The number of hydrogen-bond acceptors (Lipinski definition) is 7. The van der Waals surface area contributed by atoms with Crippen molar-refractivity contribution < 1.29 is 9.53 Å². The minimum Gasteiger partial charge on any atom is -0.494 e. The molecule has 1 aromatic carbocycles. The van der Waals surface area contributed by atoms with Crippen molar-refractivity contribution in [3.63, 3.8) is 0 Å². The van der Waals surface area contributed by atoms with E-state index < -0.39 is 5.91 Å². The number of ether oxygens (including phenoxy) is 1. The van der Waals surface area contributed by atoms with Gasteiger partial charge < -0.3 is 15.8 Å².